The maximum atomic E-state index is 5.90. The van der Waals surface area contributed by atoms with Crippen molar-refractivity contribution in [3.8, 4) is 5.75 Å². The fourth-order valence-corrected chi connectivity index (χ4v) is 2.66. The molecule has 3 rings (SSSR count). The van der Waals surface area contributed by atoms with Crippen molar-refractivity contribution in [1.29, 1.82) is 0 Å². The zero-order valence-electron chi connectivity index (χ0n) is 12.3. The molecular weight excluding hydrogens is 264 g/mol. The maximum absolute atomic E-state index is 5.90. The molecule has 0 bridgehead atoms. The Balaban J connectivity index is 1.57. The van der Waals surface area contributed by atoms with E-state index in [9.17, 15) is 0 Å². The minimum atomic E-state index is 0.510. The van der Waals surface area contributed by atoms with Gasteiger partial charge in [0, 0.05) is 49.4 Å². The van der Waals surface area contributed by atoms with Gasteiger partial charge in [0.05, 0.1) is 6.61 Å². The average molecular weight is 284 g/mol. The van der Waals surface area contributed by atoms with Gasteiger partial charge in [-0.05, 0) is 31.9 Å². The summed E-state index contributed by atoms with van der Waals surface area (Å²) in [6.45, 7) is 4.68. The van der Waals surface area contributed by atoms with E-state index in [0.29, 0.717) is 5.92 Å². The summed E-state index contributed by atoms with van der Waals surface area (Å²) in [6, 6.07) is 5.73. The highest BCUT2D eigenvalue weighted by molar-refractivity contribution is 5.29. The average Bonchev–Trinajstić information content (AvgIpc) is 2.54. The van der Waals surface area contributed by atoms with Crippen LogP contribution >= 0.6 is 0 Å². The van der Waals surface area contributed by atoms with Crippen LogP contribution in [0.25, 0.3) is 0 Å². The summed E-state index contributed by atoms with van der Waals surface area (Å²) in [5, 5.41) is 0. The number of aryl methyl sites for hydroxylation is 1. The second-order valence-electron chi connectivity index (χ2n) is 5.45. The van der Waals surface area contributed by atoms with Crippen LogP contribution in [0, 0.1) is 12.8 Å². The normalized spacial score (nSPS) is 18.5. The standard InChI is InChI=1S/C16H20N4O/c1-13-10-15(5-8-17-13)21-12-14-4-2-9-20(11-14)16-18-6-3-7-19-16/h3,5-8,10,14H,2,4,9,11-12H2,1H3. The second kappa shape index (κ2) is 6.52. The fourth-order valence-electron chi connectivity index (χ4n) is 2.66. The molecule has 1 fully saturated rings. The molecule has 0 amide bonds. The minimum Gasteiger partial charge on any atom is -0.493 e. The van der Waals surface area contributed by atoms with Gasteiger partial charge in [-0.3, -0.25) is 4.98 Å². The largest absolute Gasteiger partial charge is 0.493 e. The zero-order valence-corrected chi connectivity index (χ0v) is 12.3. The number of ether oxygens (including phenoxy) is 1. The molecule has 0 aliphatic carbocycles. The van der Waals surface area contributed by atoms with Gasteiger partial charge in [0.1, 0.15) is 5.75 Å². The van der Waals surface area contributed by atoms with Gasteiger partial charge in [0.25, 0.3) is 0 Å². The smallest absolute Gasteiger partial charge is 0.225 e. The molecular formula is C16H20N4O. The van der Waals surface area contributed by atoms with Crippen LogP contribution in [-0.2, 0) is 0 Å². The summed E-state index contributed by atoms with van der Waals surface area (Å²) in [6.07, 6.45) is 7.72. The maximum Gasteiger partial charge on any atom is 0.225 e. The highest BCUT2D eigenvalue weighted by Crippen LogP contribution is 2.21. The lowest BCUT2D eigenvalue weighted by Gasteiger charge is -2.32. The molecule has 1 atom stereocenters. The van der Waals surface area contributed by atoms with Crippen LogP contribution in [0.1, 0.15) is 18.5 Å². The molecule has 1 saturated heterocycles. The number of hydrogen-bond acceptors (Lipinski definition) is 5. The number of pyridine rings is 1. The SMILES string of the molecule is Cc1cc(OCC2CCCN(c3ncccn3)C2)ccn1. The molecule has 0 aromatic carbocycles. The van der Waals surface area contributed by atoms with E-state index in [1.54, 1.807) is 18.6 Å². The summed E-state index contributed by atoms with van der Waals surface area (Å²) >= 11 is 0. The van der Waals surface area contributed by atoms with E-state index in [0.717, 1.165) is 43.5 Å². The van der Waals surface area contributed by atoms with Crippen molar-refractivity contribution in [3.05, 3.63) is 42.5 Å². The first-order valence-electron chi connectivity index (χ1n) is 7.39. The molecule has 0 N–H and O–H groups in total. The summed E-state index contributed by atoms with van der Waals surface area (Å²) in [4.78, 5) is 15.1. The van der Waals surface area contributed by atoms with Gasteiger partial charge in [-0.25, -0.2) is 9.97 Å². The lowest BCUT2D eigenvalue weighted by Crippen LogP contribution is -2.38. The number of anilines is 1. The van der Waals surface area contributed by atoms with E-state index in [4.69, 9.17) is 4.74 Å². The van der Waals surface area contributed by atoms with Crippen molar-refractivity contribution in [2.45, 2.75) is 19.8 Å². The topological polar surface area (TPSA) is 51.1 Å². The van der Waals surface area contributed by atoms with E-state index < -0.39 is 0 Å². The molecule has 110 valence electrons. The highest BCUT2D eigenvalue weighted by atomic mass is 16.5. The van der Waals surface area contributed by atoms with Gasteiger partial charge >= 0.3 is 0 Å². The Morgan fingerprint density at radius 3 is 2.90 bits per heavy atom. The number of piperidine rings is 1. The Morgan fingerprint density at radius 1 is 1.24 bits per heavy atom. The Bertz CT molecular complexity index is 575. The van der Waals surface area contributed by atoms with Crippen molar-refractivity contribution >= 4 is 5.95 Å². The summed E-state index contributed by atoms with van der Waals surface area (Å²) < 4.78 is 5.90. The summed E-state index contributed by atoms with van der Waals surface area (Å²) in [5.41, 5.74) is 0.982. The van der Waals surface area contributed by atoms with Gasteiger partial charge < -0.3 is 9.64 Å². The second-order valence-corrected chi connectivity index (χ2v) is 5.45. The monoisotopic (exact) mass is 284 g/mol. The molecule has 0 radical (unpaired) electrons. The fraction of sp³-hybridized carbons (Fsp3) is 0.438. The minimum absolute atomic E-state index is 0.510. The molecule has 21 heavy (non-hydrogen) atoms. The Hall–Kier alpha value is -2.17. The van der Waals surface area contributed by atoms with Crippen molar-refractivity contribution in [1.82, 2.24) is 15.0 Å². The first-order valence-corrected chi connectivity index (χ1v) is 7.39. The Morgan fingerprint density at radius 2 is 2.10 bits per heavy atom. The van der Waals surface area contributed by atoms with E-state index in [1.807, 2.05) is 25.1 Å². The molecule has 1 unspecified atom stereocenters. The first kappa shape index (κ1) is 13.8. The molecule has 1 aliphatic rings. The molecule has 2 aromatic heterocycles. The van der Waals surface area contributed by atoms with Gasteiger partial charge in [0.15, 0.2) is 0 Å². The molecule has 5 nitrogen and oxygen atoms in total. The van der Waals surface area contributed by atoms with Crippen LogP contribution in [0.4, 0.5) is 5.95 Å². The van der Waals surface area contributed by atoms with Crippen molar-refractivity contribution in [2.75, 3.05) is 24.6 Å². The predicted molar refractivity (Wildman–Crippen MR) is 81.4 cm³/mol. The third-order valence-electron chi connectivity index (χ3n) is 3.71. The number of aromatic nitrogens is 3. The first-order chi connectivity index (χ1) is 10.3. The lowest BCUT2D eigenvalue weighted by molar-refractivity contribution is 0.228. The highest BCUT2D eigenvalue weighted by Gasteiger charge is 2.22. The van der Waals surface area contributed by atoms with Crippen LogP contribution in [0.5, 0.6) is 5.75 Å². The van der Waals surface area contributed by atoms with E-state index in [2.05, 4.69) is 19.9 Å². The van der Waals surface area contributed by atoms with Crippen LogP contribution < -0.4 is 9.64 Å². The van der Waals surface area contributed by atoms with Gasteiger partial charge in [-0.15, -0.1) is 0 Å². The van der Waals surface area contributed by atoms with Crippen LogP contribution in [-0.4, -0.2) is 34.6 Å². The number of nitrogens with zero attached hydrogens (tertiary/aromatic N) is 4. The van der Waals surface area contributed by atoms with E-state index in [-0.39, 0.29) is 0 Å². The van der Waals surface area contributed by atoms with E-state index in [1.165, 1.54) is 6.42 Å². The molecule has 5 heteroatoms. The Kier molecular flexibility index (Phi) is 4.28. The lowest BCUT2D eigenvalue weighted by atomic mass is 9.99. The number of hydrogen-bond donors (Lipinski definition) is 0. The number of rotatable bonds is 4. The van der Waals surface area contributed by atoms with Gasteiger partial charge in [-0.1, -0.05) is 0 Å². The third kappa shape index (κ3) is 3.68. The summed E-state index contributed by atoms with van der Waals surface area (Å²) in [7, 11) is 0. The van der Waals surface area contributed by atoms with Gasteiger partial charge in [-0.2, -0.15) is 0 Å². The van der Waals surface area contributed by atoms with Crippen molar-refractivity contribution < 1.29 is 4.74 Å². The Labute approximate surface area is 125 Å². The molecule has 1 aliphatic heterocycles. The molecule has 0 spiro atoms. The molecule has 0 saturated carbocycles. The van der Waals surface area contributed by atoms with Crippen molar-refractivity contribution in [3.63, 3.8) is 0 Å². The molecule has 3 heterocycles. The quantitative estimate of drug-likeness (QED) is 0.863. The van der Waals surface area contributed by atoms with Crippen molar-refractivity contribution in [2.24, 2.45) is 5.92 Å². The van der Waals surface area contributed by atoms with Crippen LogP contribution in [0.2, 0.25) is 0 Å². The van der Waals surface area contributed by atoms with E-state index >= 15 is 0 Å². The zero-order chi connectivity index (χ0) is 14.5. The van der Waals surface area contributed by atoms with Crippen LogP contribution in [0.15, 0.2) is 36.8 Å². The third-order valence-corrected chi connectivity index (χ3v) is 3.71. The predicted octanol–water partition coefficient (Wildman–Crippen LogP) is 2.48. The summed E-state index contributed by atoms with van der Waals surface area (Å²) in [5.74, 6) is 2.23. The molecule has 2 aromatic rings. The van der Waals surface area contributed by atoms with Crippen LogP contribution in [0.3, 0.4) is 0 Å². The van der Waals surface area contributed by atoms with Gasteiger partial charge in [0.2, 0.25) is 5.95 Å².